The van der Waals surface area contributed by atoms with Gasteiger partial charge in [0.05, 0.1) is 24.3 Å². The van der Waals surface area contributed by atoms with Gasteiger partial charge in [-0.3, -0.25) is 9.48 Å². The van der Waals surface area contributed by atoms with E-state index in [1.54, 1.807) is 34.2 Å². The maximum absolute atomic E-state index is 12.4. The van der Waals surface area contributed by atoms with Gasteiger partial charge in [0.25, 0.3) is 5.91 Å². The Balaban J connectivity index is 2.07. The number of amides is 1. The van der Waals surface area contributed by atoms with Crippen molar-refractivity contribution in [1.29, 1.82) is 0 Å². The van der Waals surface area contributed by atoms with Crippen molar-refractivity contribution in [3.05, 3.63) is 39.3 Å². The van der Waals surface area contributed by atoms with Gasteiger partial charge in [0.15, 0.2) is 0 Å². The summed E-state index contributed by atoms with van der Waals surface area (Å²) in [6.45, 7) is 2.75. The van der Waals surface area contributed by atoms with Crippen molar-refractivity contribution in [2.75, 3.05) is 13.6 Å². The third kappa shape index (κ3) is 3.72. The fraction of sp³-hybridized carbons (Fsp3) is 0.333. The molecule has 2 aromatic heterocycles. The molecule has 2 N–H and O–H groups in total. The first kappa shape index (κ1) is 15.3. The molecule has 0 radical (unpaired) electrons. The van der Waals surface area contributed by atoms with E-state index in [9.17, 15) is 4.79 Å². The van der Waals surface area contributed by atoms with Crippen LogP contribution >= 0.6 is 11.3 Å². The zero-order chi connectivity index (χ0) is 15.4. The van der Waals surface area contributed by atoms with E-state index in [0.29, 0.717) is 18.7 Å². The van der Waals surface area contributed by atoms with Gasteiger partial charge in [-0.2, -0.15) is 5.10 Å². The van der Waals surface area contributed by atoms with Gasteiger partial charge < -0.3 is 10.6 Å². The van der Waals surface area contributed by atoms with E-state index in [1.165, 1.54) is 0 Å². The van der Waals surface area contributed by atoms with Crippen LogP contribution in [0.3, 0.4) is 0 Å². The number of hydrogen-bond donors (Lipinski definition) is 1. The predicted molar refractivity (Wildman–Crippen MR) is 84.0 cm³/mol. The molecule has 2 rings (SSSR count). The standard InChI is InChI=1S/C15H18N4OS/c1-11-14(9-19(3)17-11)15(20)18(2)8-13-7-12(10-21-13)5-4-6-16/h7,9-10H,6,8,16H2,1-3H3. The molecular weight excluding hydrogens is 284 g/mol. The molecule has 0 saturated heterocycles. The summed E-state index contributed by atoms with van der Waals surface area (Å²) in [6, 6.07) is 1.99. The van der Waals surface area contributed by atoms with Crippen molar-refractivity contribution in [3.8, 4) is 11.8 Å². The van der Waals surface area contributed by atoms with Crippen LogP contribution in [0, 0.1) is 18.8 Å². The molecule has 1 amide bonds. The largest absolute Gasteiger partial charge is 0.336 e. The summed E-state index contributed by atoms with van der Waals surface area (Å²) in [5, 5.41) is 6.18. The van der Waals surface area contributed by atoms with Crippen molar-refractivity contribution in [2.24, 2.45) is 12.8 Å². The number of nitrogens with two attached hydrogens (primary N) is 1. The number of carbonyl (C=O) groups excluding carboxylic acids is 1. The molecule has 21 heavy (non-hydrogen) atoms. The Kier molecular flexibility index (Phi) is 4.78. The smallest absolute Gasteiger partial charge is 0.257 e. The average Bonchev–Trinajstić information content (AvgIpc) is 3.02. The normalized spacial score (nSPS) is 10.1. The first-order valence-corrected chi connectivity index (χ1v) is 7.41. The van der Waals surface area contributed by atoms with Gasteiger partial charge in [-0.25, -0.2) is 0 Å². The van der Waals surface area contributed by atoms with Crippen molar-refractivity contribution < 1.29 is 4.79 Å². The Labute approximate surface area is 128 Å². The first-order valence-electron chi connectivity index (χ1n) is 6.53. The highest BCUT2D eigenvalue weighted by Crippen LogP contribution is 2.17. The molecule has 0 aromatic carbocycles. The van der Waals surface area contributed by atoms with Crippen LogP contribution in [0.4, 0.5) is 0 Å². The molecule has 110 valence electrons. The number of carbonyl (C=O) groups is 1. The molecular formula is C15H18N4OS. The third-order valence-corrected chi connectivity index (χ3v) is 3.89. The van der Waals surface area contributed by atoms with Crippen LogP contribution in [0.1, 0.15) is 26.5 Å². The monoisotopic (exact) mass is 302 g/mol. The van der Waals surface area contributed by atoms with Crippen molar-refractivity contribution in [1.82, 2.24) is 14.7 Å². The highest BCUT2D eigenvalue weighted by atomic mass is 32.1. The van der Waals surface area contributed by atoms with Gasteiger partial charge in [-0.05, 0) is 13.0 Å². The molecule has 2 heterocycles. The Morgan fingerprint density at radius 1 is 1.57 bits per heavy atom. The van der Waals surface area contributed by atoms with Gasteiger partial charge in [-0.15, -0.1) is 11.3 Å². The second-order valence-electron chi connectivity index (χ2n) is 4.77. The first-order chi connectivity index (χ1) is 10.0. The summed E-state index contributed by atoms with van der Waals surface area (Å²) in [5.41, 5.74) is 7.68. The van der Waals surface area contributed by atoms with E-state index in [0.717, 1.165) is 16.1 Å². The SMILES string of the molecule is Cc1nn(C)cc1C(=O)N(C)Cc1cc(C#CCN)cs1. The number of aromatic nitrogens is 2. The van der Waals surface area contributed by atoms with Crippen LogP contribution in [0.5, 0.6) is 0 Å². The summed E-state index contributed by atoms with van der Waals surface area (Å²) in [4.78, 5) is 15.2. The van der Waals surface area contributed by atoms with Crippen LogP contribution in [0.25, 0.3) is 0 Å². The van der Waals surface area contributed by atoms with Crippen molar-refractivity contribution in [2.45, 2.75) is 13.5 Å². The molecule has 2 aromatic rings. The fourth-order valence-electron chi connectivity index (χ4n) is 2.00. The highest BCUT2D eigenvalue weighted by Gasteiger charge is 2.17. The molecule has 6 heteroatoms. The minimum Gasteiger partial charge on any atom is -0.336 e. The fourth-order valence-corrected chi connectivity index (χ4v) is 2.87. The van der Waals surface area contributed by atoms with Crippen LogP contribution in [0.15, 0.2) is 17.6 Å². The van der Waals surface area contributed by atoms with Gasteiger partial charge in [0.1, 0.15) is 0 Å². The van der Waals surface area contributed by atoms with Crippen LogP contribution < -0.4 is 5.73 Å². The molecule has 0 aliphatic heterocycles. The Morgan fingerprint density at radius 2 is 2.33 bits per heavy atom. The topological polar surface area (TPSA) is 64.2 Å². The Bertz CT molecular complexity index is 705. The maximum atomic E-state index is 12.4. The van der Waals surface area contributed by atoms with Crippen molar-refractivity contribution >= 4 is 17.2 Å². The Hall–Kier alpha value is -2.10. The second-order valence-corrected chi connectivity index (χ2v) is 5.77. The molecule has 0 unspecified atom stereocenters. The lowest BCUT2D eigenvalue weighted by molar-refractivity contribution is 0.0785. The molecule has 0 aliphatic rings. The molecule has 5 nitrogen and oxygen atoms in total. The number of rotatable bonds is 3. The number of aryl methyl sites for hydroxylation is 2. The van der Waals surface area contributed by atoms with Gasteiger partial charge in [0, 0.05) is 36.1 Å². The maximum Gasteiger partial charge on any atom is 0.257 e. The minimum absolute atomic E-state index is 0.0245. The van der Waals surface area contributed by atoms with Crippen LogP contribution in [-0.2, 0) is 13.6 Å². The average molecular weight is 302 g/mol. The van der Waals surface area contributed by atoms with E-state index >= 15 is 0 Å². The number of thiophene rings is 1. The van der Waals surface area contributed by atoms with Gasteiger partial charge in [-0.1, -0.05) is 11.8 Å². The van der Waals surface area contributed by atoms with Gasteiger partial charge >= 0.3 is 0 Å². The lowest BCUT2D eigenvalue weighted by atomic mass is 10.2. The summed E-state index contributed by atoms with van der Waals surface area (Å²) in [6.07, 6.45) is 1.75. The number of hydrogen-bond acceptors (Lipinski definition) is 4. The predicted octanol–water partition coefficient (Wildman–Crippen LogP) is 1.37. The lowest BCUT2D eigenvalue weighted by Gasteiger charge is -2.15. The zero-order valence-corrected chi connectivity index (χ0v) is 13.2. The quantitative estimate of drug-likeness (QED) is 0.871. The number of nitrogens with zero attached hydrogens (tertiary/aromatic N) is 3. The zero-order valence-electron chi connectivity index (χ0n) is 12.4. The van der Waals surface area contributed by atoms with Crippen molar-refractivity contribution in [3.63, 3.8) is 0 Å². The summed E-state index contributed by atoms with van der Waals surface area (Å²) >= 11 is 1.59. The molecule has 0 spiro atoms. The van der Waals surface area contributed by atoms with Crippen LogP contribution in [-0.4, -0.2) is 34.2 Å². The van der Waals surface area contributed by atoms with E-state index in [-0.39, 0.29) is 5.91 Å². The highest BCUT2D eigenvalue weighted by molar-refractivity contribution is 7.10. The minimum atomic E-state index is -0.0245. The summed E-state index contributed by atoms with van der Waals surface area (Å²) in [5.74, 6) is 5.79. The molecule has 0 bridgehead atoms. The Morgan fingerprint density at radius 3 is 2.95 bits per heavy atom. The second kappa shape index (κ2) is 6.57. The van der Waals surface area contributed by atoms with Crippen LogP contribution in [0.2, 0.25) is 0 Å². The molecule has 0 aliphatic carbocycles. The van der Waals surface area contributed by atoms with Gasteiger partial charge in [0.2, 0.25) is 0 Å². The lowest BCUT2D eigenvalue weighted by Crippen LogP contribution is -2.26. The third-order valence-electron chi connectivity index (χ3n) is 2.97. The molecule has 0 saturated carbocycles. The van der Waals surface area contributed by atoms with E-state index in [2.05, 4.69) is 16.9 Å². The molecule has 0 fully saturated rings. The van der Waals surface area contributed by atoms with E-state index in [1.807, 2.05) is 25.4 Å². The molecule has 0 atom stereocenters. The van der Waals surface area contributed by atoms with E-state index in [4.69, 9.17) is 5.73 Å². The van der Waals surface area contributed by atoms with E-state index < -0.39 is 0 Å². The summed E-state index contributed by atoms with van der Waals surface area (Å²) < 4.78 is 1.65. The summed E-state index contributed by atoms with van der Waals surface area (Å²) in [7, 11) is 3.60.